The first-order valence-electron chi connectivity index (χ1n) is 9.59. The minimum Gasteiger partial charge on any atom is -0.493 e. The van der Waals surface area contributed by atoms with Gasteiger partial charge in [-0.3, -0.25) is 4.79 Å². The number of anilines is 1. The van der Waals surface area contributed by atoms with Gasteiger partial charge in [-0.25, -0.2) is 8.42 Å². The van der Waals surface area contributed by atoms with E-state index in [4.69, 9.17) is 9.47 Å². The fourth-order valence-electron chi connectivity index (χ4n) is 3.35. The lowest BCUT2D eigenvalue weighted by molar-refractivity contribution is 0.102. The van der Waals surface area contributed by atoms with Gasteiger partial charge in [0.1, 0.15) is 0 Å². The van der Waals surface area contributed by atoms with E-state index in [0.717, 1.165) is 25.7 Å². The Hall–Kier alpha value is -2.58. The lowest BCUT2D eigenvalue weighted by Crippen LogP contribution is -2.32. The largest absolute Gasteiger partial charge is 0.493 e. The maximum absolute atomic E-state index is 13.0. The van der Waals surface area contributed by atoms with Gasteiger partial charge < -0.3 is 14.8 Å². The number of rotatable bonds is 6. The minimum absolute atomic E-state index is 0.138. The lowest BCUT2D eigenvalue weighted by Gasteiger charge is -2.20. The summed E-state index contributed by atoms with van der Waals surface area (Å²) < 4.78 is 37.9. The molecule has 1 saturated heterocycles. The van der Waals surface area contributed by atoms with Crippen molar-refractivity contribution < 1.29 is 22.7 Å². The second-order valence-electron chi connectivity index (χ2n) is 6.87. The zero-order valence-electron chi connectivity index (χ0n) is 16.7. The van der Waals surface area contributed by atoms with Crippen molar-refractivity contribution in [3.05, 3.63) is 48.0 Å². The smallest absolute Gasteiger partial charge is 0.255 e. The van der Waals surface area contributed by atoms with Crippen LogP contribution in [0.15, 0.2) is 47.4 Å². The van der Waals surface area contributed by atoms with Crippen LogP contribution in [0, 0.1) is 0 Å². The second kappa shape index (κ2) is 9.28. The van der Waals surface area contributed by atoms with E-state index in [2.05, 4.69) is 5.32 Å². The normalized spacial score (nSPS) is 15.4. The van der Waals surface area contributed by atoms with E-state index in [1.54, 1.807) is 30.3 Å². The topological polar surface area (TPSA) is 84.9 Å². The van der Waals surface area contributed by atoms with Gasteiger partial charge in [-0.2, -0.15) is 4.31 Å². The third kappa shape index (κ3) is 4.89. The summed E-state index contributed by atoms with van der Waals surface area (Å²) in [6.07, 6.45) is 3.80. The number of sulfonamides is 1. The standard InChI is InChI=1S/C21H26N2O5S/c1-27-19-11-10-17(15-20(19)28-2)22-21(24)16-8-7-9-18(14-16)29(25,26)23-12-5-3-4-6-13-23/h7-11,14-15H,3-6,12-13H2,1-2H3,(H,22,24). The van der Waals surface area contributed by atoms with Gasteiger partial charge in [-0.05, 0) is 43.2 Å². The van der Waals surface area contributed by atoms with E-state index in [1.807, 2.05) is 0 Å². The molecule has 1 aliphatic heterocycles. The molecule has 1 amide bonds. The highest BCUT2D eigenvalue weighted by atomic mass is 32.2. The molecule has 0 spiro atoms. The van der Waals surface area contributed by atoms with Crippen molar-refractivity contribution >= 4 is 21.6 Å². The maximum atomic E-state index is 13.0. The molecule has 156 valence electrons. The van der Waals surface area contributed by atoms with Gasteiger partial charge in [0.05, 0.1) is 19.1 Å². The van der Waals surface area contributed by atoms with E-state index < -0.39 is 15.9 Å². The van der Waals surface area contributed by atoms with Crippen molar-refractivity contribution in [3.63, 3.8) is 0 Å². The highest BCUT2D eigenvalue weighted by Crippen LogP contribution is 2.30. The van der Waals surface area contributed by atoms with Gasteiger partial charge in [0.15, 0.2) is 11.5 Å². The molecule has 0 bridgehead atoms. The number of carbonyl (C=O) groups excluding carboxylic acids is 1. The van der Waals surface area contributed by atoms with Gasteiger partial charge >= 0.3 is 0 Å². The van der Waals surface area contributed by atoms with Crippen molar-refractivity contribution in [1.82, 2.24) is 4.31 Å². The summed E-state index contributed by atoms with van der Waals surface area (Å²) in [6, 6.07) is 11.2. The first kappa shape index (κ1) is 21.1. The number of benzene rings is 2. The molecule has 0 unspecified atom stereocenters. The number of hydrogen-bond donors (Lipinski definition) is 1. The summed E-state index contributed by atoms with van der Waals surface area (Å²) in [5, 5.41) is 2.77. The Morgan fingerprint density at radius 2 is 1.62 bits per heavy atom. The van der Waals surface area contributed by atoms with Crippen LogP contribution in [0.2, 0.25) is 0 Å². The van der Waals surface area contributed by atoms with E-state index in [1.165, 1.54) is 30.7 Å². The van der Waals surface area contributed by atoms with Crippen LogP contribution in [0.4, 0.5) is 5.69 Å². The van der Waals surface area contributed by atoms with Crippen LogP contribution >= 0.6 is 0 Å². The summed E-state index contributed by atoms with van der Waals surface area (Å²) in [4.78, 5) is 12.8. The fraction of sp³-hybridized carbons (Fsp3) is 0.381. The summed E-state index contributed by atoms with van der Waals surface area (Å²) in [5.41, 5.74) is 0.795. The fourth-order valence-corrected chi connectivity index (χ4v) is 4.91. The molecule has 29 heavy (non-hydrogen) atoms. The molecule has 1 fully saturated rings. The van der Waals surface area contributed by atoms with Crippen LogP contribution in [0.25, 0.3) is 0 Å². The van der Waals surface area contributed by atoms with Crippen LogP contribution in [0.3, 0.4) is 0 Å². The molecule has 1 N–H and O–H groups in total. The van der Waals surface area contributed by atoms with Gasteiger partial charge in [0.25, 0.3) is 5.91 Å². The molecule has 0 aromatic heterocycles. The molecule has 2 aromatic carbocycles. The Balaban J connectivity index is 1.81. The molecule has 2 aromatic rings. The predicted octanol–water partition coefficient (Wildman–Crippen LogP) is 3.52. The number of nitrogens with zero attached hydrogens (tertiary/aromatic N) is 1. The van der Waals surface area contributed by atoms with E-state index >= 15 is 0 Å². The molecule has 0 atom stereocenters. The molecule has 0 radical (unpaired) electrons. The van der Waals surface area contributed by atoms with Crippen molar-refractivity contribution in [3.8, 4) is 11.5 Å². The molecule has 0 aliphatic carbocycles. The maximum Gasteiger partial charge on any atom is 0.255 e. The van der Waals surface area contributed by atoms with Gasteiger partial charge in [0.2, 0.25) is 10.0 Å². The van der Waals surface area contributed by atoms with Gasteiger partial charge in [0, 0.05) is 30.4 Å². The summed E-state index contributed by atoms with van der Waals surface area (Å²) >= 11 is 0. The third-order valence-electron chi connectivity index (χ3n) is 4.94. The Bertz CT molecular complexity index is 967. The summed E-state index contributed by atoms with van der Waals surface area (Å²) in [7, 11) is -0.569. The number of nitrogens with one attached hydrogen (secondary N) is 1. The van der Waals surface area contributed by atoms with Crippen LogP contribution in [-0.2, 0) is 10.0 Å². The minimum atomic E-state index is -3.62. The highest BCUT2D eigenvalue weighted by molar-refractivity contribution is 7.89. The zero-order chi connectivity index (χ0) is 20.9. The molecule has 1 aliphatic rings. The lowest BCUT2D eigenvalue weighted by atomic mass is 10.2. The van der Waals surface area contributed by atoms with Crippen LogP contribution in [0.1, 0.15) is 36.0 Å². The van der Waals surface area contributed by atoms with Gasteiger partial charge in [-0.1, -0.05) is 18.9 Å². The van der Waals surface area contributed by atoms with Crippen molar-refractivity contribution in [1.29, 1.82) is 0 Å². The number of methoxy groups -OCH3 is 2. The van der Waals surface area contributed by atoms with E-state index in [0.29, 0.717) is 30.3 Å². The quantitative estimate of drug-likeness (QED) is 0.776. The molecule has 1 heterocycles. The molecule has 3 rings (SSSR count). The third-order valence-corrected chi connectivity index (χ3v) is 6.84. The van der Waals surface area contributed by atoms with E-state index in [9.17, 15) is 13.2 Å². The van der Waals surface area contributed by atoms with Crippen LogP contribution in [0.5, 0.6) is 11.5 Å². The first-order valence-corrected chi connectivity index (χ1v) is 11.0. The first-order chi connectivity index (χ1) is 14.0. The van der Waals surface area contributed by atoms with Gasteiger partial charge in [-0.15, -0.1) is 0 Å². The number of carbonyl (C=O) groups is 1. The van der Waals surface area contributed by atoms with Crippen molar-refractivity contribution in [2.24, 2.45) is 0 Å². The monoisotopic (exact) mass is 418 g/mol. The molecular formula is C21H26N2O5S. The highest BCUT2D eigenvalue weighted by Gasteiger charge is 2.25. The van der Waals surface area contributed by atoms with Crippen molar-refractivity contribution in [2.45, 2.75) is 30.6 Å². The molecular weight excluding hydrogens is 392 g/mol. The average molecular weight is 419 g/mol. The Morgan fingerprint density at radius 3 is 2.28 bits per heavy atom. The van der Waals surface area contributed by atoms with Crippen LogP contribution < -0.4 is 14.8 Å². The predicted molar refractivity (Wildman–Crippen MR) is 111 cm³/mol. The molecule has 7 nitrogen and oxygen atoms in total. The van der Waals surface area contributed by atoms with Crippen LogP contribution in [-0.4, -0.2) is 45.9 Å². The molecule has 0 saturated carbocycles. The average Bonchev–Trinajstić information content (AvgIpc) is 3.04. The Labute approximate surface area is 171 Å². The number of hydrogen-bond acceptors (Lipinski definition) is 5. The Morgan fingerprint density at radius 1 is 0.931 bits per heavy atom. The summed E-state index contributed by atoms with van der Waals surface area (Å²) in [5.74, 6) is 0.643. The van der Waals surface area contributed by atoms with E-state index in [-0.39, 0.29) is 10.5 Å². The van der Waals surface area contributed by atoms with Crippen molar-refractivity contribution in [2.75, 3.05) is 32.6 Å². The molecule has 8 heteroatoms. The second-order valence-corrected chi connectivity index (χ2v) is 8.81. The summed E-state index contributed by atoms with van der Waals surface area (Å²) in [6.45, 7) is 1.04. The zero-order valence-corrected chi connectivity index (χ0v) is 17.5. The SMILES string of the molecule is COc1ccc(NC(=O)c2cccc(S(=O)(=O)N3CCCCCC3)c2)cc1OC. The number of ether oxygens (including phenoxy) is 2. The number of amides is 1. The Kier molecular flexibility index (Phi) is 6.76.